The maximum atomic E-state index is 13.4. The molecule has 0 unspecified atom stereocenters. The van der Waals surface area contributed by atoms with E-state index in [1.54, 1.807) is 29.0 Å². The number of nitrogens with one attached hydrogen (secondary N) is 2. The van der Waals surface area contributed by atoms with Crippen LogP contribution in [0.25, 0.3) is 10.2 Å². The molecule has 198 valence electrons. The topological polar surface area (TPSA) is 113 Å². The smallest absolute Gasteiger partial charge is 0.331 e. The Morgan fingerprint density at radius 3 is 2.71 bits per heavy atom. The molecular weight excluding hydrogens is 506 g/mol. The minimum atomic E-state index is -0.351. The van der Waals surface area contributed by atoms with Gasteiger partial charge in [-0.15, -0.1) is 11.3 Å². The third-order valence-electron chi connectivity index (χ3n) is 7.22. The summed E-state index contributed by atoms with van der Waals surface area (Å²) in [6.07, 6.45) is 5.13. The molecule has 6 rings (SSSR count). The number of rotatable bonds is 5. The second-order valence-electron chi connectivity index (χ2n) is 9.78. The van der Waals surface area contributed by atoms with Crippen molar-refractivity contribution in [2.75, 3.05) is 36.5 Å². The molecule has 0 spiro atoms. The van der Waals surface area contributed by atoms with E-state index in [0.717, 1.165) is 36.8 Å². The number of benzene rings is 1. The molecule has 10 nitrogen and oxygen atoms in total. The van der Waals surface area contributed by atoms with Crippen molar-refractivity contribution in [3.63, 3.8) is 0 Å². The van der Waals surface area contributed by atoms with E-state index in [-0.39, 0.29) is 30.0 Å². The number of piperidine rings is 1. The number of hydrogen-bond donors (Lipinski definition) is 2. The molecule has 38 heavy (non-hydrogen) atoms. The Labute approximate surface area is 223 Å². The third-order valence-corrected chi connectivity index (χ3v) is 8.32. The molecule has 0 aliphatic carbocycles. The molecule has 11 heteroatoms. The number of urea groups is 1. The van der Waals surface area contributed by atoms with Gasteiger partial charge in [0.25, 0.3) is 5.91 Å². The van der Waals surface area contributed by atoms with Crippen LogP contribution in [-0.2, 0) is 9.53 Å². The summed E-state index contributed by atoms with van der Waals surface area (Å²) in [7, 11) is 0. The normalized spacial score (nSPS) is 19.8. The molecule has 2 saturated heterocycles. The number of carbonyl (C=O) groups excluding carboxylic acids is 3. The van der Waals surface area contributed by atoms with Crippen LogP contribution in [0.5, 0.6) is 5.75 Å². The Morgan fingerprint density at radius 1 is 1.16 bits per heavy atom. The maximum Gasteiger partial charge on any atom is 0.331 e. The number of carbonyl (C=O) groups is 3. The zero-order valence-corrected chi connectivity index (χ0v) is 21.9. The first kappa shape index (κ1) is 24.6. The maximum absolute atomic E-state index is 13.4. The first-order chi connectivity index (χ1) is 18.5. The Kier molecular flexibility index (Phi) is 6.62. The molecule has 2 fully saturated rings. The van der Waals surface area contributed by atoms with Gasteiger partial charge in [-0.3, -0.25) is 14.5 Å². The number of amides is 4. The number of pyridine rings is 1. The minimum Gasteiger partial charge on any atom is -0.490 e. The summed E-state index contributed by atoms with van der Waals surface area (Å²) in [4.78, 5) is 47.4. The Bertz CT molecular complexity index is 1380. The molecule has 2 N–H and O–H groups in total. The van der Waals surface area contributed by atoms with Crippen molar-refractivity contribution in [1.82, 2.24) is 15.2 Å². The Balaban J connectivity index is 1.25. The van der Waals surface area contributed by atoms with Gasteiger partial charge in [0.2, 0.25) is 5.91 Å². The lowest BCUT2D eigenvalue weighted by Gasteiger charge is -2.32. The fourth-order valence-corrected chi connectivity index (χ4v) is 6.32. The Hall–Kier alpha value is -3.70. The van der Waals surface area contributed by atoms with Crippen LogP contribution in [0.1, 0.15) is 42.3 Å². The zero-order valence-electron chi connectivity index (χ0n) is 21.1. The lowest BCUT2D eigenvalue weighted by Crippen LogP contribution is -2.49. The fraction of sp³-hybridized carbons (Fsp3) is 0.407. The number of anilines is 3. The molecule has 2 aromatic heterocycles. The van der Waals surface area contributed by atoms with E-state index in [1.807, 2.05) is 24.3 Å². The van der Waals surface area contributed by atoms with E-state index in [2.05, 4.69) is 15.6 Å². The van der Waals surface area contributed by atoms with Crippen LogP contribution in [-0.4, -0.2) is 66.2 Å². The Morgan fingerprint density at radius 2 is 1.95 bits per heavy atom. The number of ether oxygens (including phenoxy) is 2. The first-order valence-corrected chi connectivity index (χ1v) is 13.7. The van der Waals surface area contributed by atoms with Crippen LogP contribution in [0, 0.1) is 0 Å². The number of hydrogen-bond acceptors (Lipinski definition) is 7. The van der Waals surface area contributed by atoms with Gasteiger partial charge in [0.15, 0.2) is 0 Å². The monoisotopic (exact) mass is 535 g/mol. The highest BCUT2D eigenvalue weighted by atomic mass is 32.1. The highest BCUT2D eigenvalue weighted by molar-refractivity contribution is 7.21. The van der Waals surface area contributed by atoms with Gasteiger partial charge in [-0.05, 0) is 43.2 Å². The summed E-state index contributed by atoms with van der Waals surface area (Å²) in [6.45, 7) is 4.14. The third kappa shape index (κ3) is 4.67. The summed E-state index contributed by atoms with van der Waals surface area (Å²) in [5.74, 6) is 0.483. The van der Waals surface area contributed by atoms with E-state index < -0.39 is 0 Å². The lowest BCUT2D eigenvalue weighted by atomic mass is 10.1. The summed E-state index contributed by atoms with van der Waals surface area (Å²) < 4.78 is 11.5. The predicted molar refractivity (Wildman–Crippen MR) is 144 cm³/mol. The fourth-order valence-electron chi connectivity index (χ4n) is 5.29. The molecule has 0 radical (unpaired) electrons. The van der Waals surface area contributed by atoms with Crippen molar-refractivity contribution >= 4 is 56.5 Å². The molecule has 0 saturated carbocycles. The quantitative estimate of drug-likeness (QED) is 0.504. The second kappa shape index (κ2) is 10.2. The number of likely N-dealkylation sites (tertiary alicyclic amines) is 1. The number of aromatic nitrogens is 1. The van der Waals surface area contributed by atoms with Gasteiger partial charge in [-0.25, -0.2) is 9.78 Å². The molecule has 1 aromatic carbocycles. The summed E-state index contributed by atoms with van der Waals surface area (Å²) >= 11 is 1.25. The largest absolute Gasteiger partial charge is 0.490 e. The van der Waals surface area contributed by atoms with E-state index in [0.29, 0.717) is 53.1 Å². The van der Waals surface area contributed by atoms with Crippen molar-refractivity contribution in [2.24, 2.45) is 0 Å². The van der Waals surface area contributed by atoms with Gasteiger partial charge in [-0.2, -0.15) is 0 Å². The molecular formula is C27H29N5O5S. The van der Waals surface area contributed by atoms with E-state index >= 15 is 0 Å². The van der Waals surface area contributed by atoms with Crippen LogP contribution in [0.2, 0.25) is 0 Å². The van der Waals surface area contributed by atoms with Crippen LogP contribution < -0.4 is 20.3 Å². The molecule has 5 heterocycles. The minimum absolute atomic E-state index is 0.00489. The van der Waals surface area contributed by atoms with Gasteiger partial charge in [0, 0.05) is 45.1 Å². The van der Waals surface area contributed by atoms with Crippen molar-refractivity contribution in [3.05, 3.63) is 41.4 Å². The standard InChI is InChI=1S/C27H29N5O5S/c1-16(33)31-12-2-3-17(15-31)29-25(34)24-23-22-21(8-11-28-26(22)38-24)32(27(35)30-23)18-4-6-19(7-5-18)37-20-9-13-36-14-10-20/h4-8,11,17,20H,2-3,9-10,12-15H2,1H3,(H,29,34)(H,30,35)/t17-/m1/s1. The number of thiophene rings is 1. The molecule has 4 amide bonds. The van der Waals surface area contributed by atoms with Gasteiger partial charge in [0.05, 0.1) is 35.7 Å². The van der Waals surface area contributed by atoms with Crippen molar-refractivity contribution in [1.29, 1.82) is 0 Å². The van der Waals surface area contributed by atoms with Crippen LogP contribution in [0.4, 0.5) is 21.9 Å². The van der Waals surface area contributed by atoms with Gasteiger partial charge in [0.1, 0.15) is 21.6 Å². The second-order valence-corrected chi connectivity index (χ2v) is 10.8. The molecule has 3 aliphatic heterocycles. The zero-order chi connectivity index (χ0) is 26.2. The molecule has 3 aromatic rings. The average molecular weight is 536 g/mol. The highest BCUT2D eigenvalue weighted by Gasteiger charge is 2.33. The van der Waals surface area contributed by atoms with Gasteiger partial charge < -0.3 is 25.0 Å². The van der Waals surface area contributed by atoms with E-state index in [1.165, 1.54) is 11.3 Å². The van der Waals surface area contributed by atoms with Crippen molar-refractivity contribution < 1.29 is 23.9 Å². The lowest BCUT2D eigenvalue weighted by molar-refractivity contribution is -0.130. The van der Waals surface area contributed by atoms with Crippen molar-refractivity contribution in [3.8, 4) is 5.75 Å². The van der Waals surface area contributed by atoms with Crippen LogP contribution >= 0.6 is 11.3 Å². The summed E-state index contributed by atoms with van der Waals surface area (Å²) in [5, 5.41) is 6.73. The summed E-state index contributed by atoms with van der Waals surface area (Å²) in [5.41, 5.74) is 1.83. The first-order valence-electron chi connectivity index (χ1n) is 12.9. The summed E-state index contributed by atoms with van der Waals surface area (Å²) in [6, 6.07) is 8.75. The number of nitrogens with zero attached hydrogens (tertiary/aromatic N) is 3. The molecule has 1 atom stereocenters. The van der Waals surface area contributed by atoms with Crippen LogP contribution in [0.3, 0.4) is 0 Å². The molecule has 3 aliphatic rings. The van der Waals surface area contributed by atoms with Gasteiger partial charge in [-0.1, -0.05) is 0 Å². The SMILES string of the molecule is CC(=O)N1CCC[C@@H](NC(=O)c2sc3nccc4c3c2NC(=O)N4c2ccc(OC3CCOCC3)cc2)C1. The van der Waals surface area contributed by atoms with E-state index in [9.17, 15) is 14.4 Å². The highest BCUT2D eigenvalue weighted by Crippen LogP contribution is 2.45. The average Bonchev–Trinajstić information content (AvgIpc) is 3.30. The van der Waals surface area contributed by atoms with Gasteiger partial charge >= 0.3 is 6.03 Å². The molecule has 0 bridgehead atoms. The van der Waals surface area contributed by atoms with Crippen LogP contribution in [0.15, 0.2) is 36.5 Å². The van der Waals surface area contributed by atoms with Crippen molar-refractivity contribution in [2.45, 2.75) is 44.8 Å². The predicted octanol–water partition coefficient (Wildman–Crippen LogP) is 4.28. The van der Waals surface area contributed by atoms with E-state index in [4.69, 9.17) is 9.47 Å².